The lowest BCUT2D eigenvalue weighted by atomic mass is 9.84. The van der Waals surface area contributed by atoms with Crippen LogP contribution in [0.1, 0.15) is 46.5 Å². The molecule has 1 saturated heterocycles. The standard InChI is InChI=1S/C13H27NO/c1-4-11(5-2)9-12-10-15-8-7-13(12)14-6-3/h11-14H,4-10H2,1-3H3. The van der Waals surface area contributed by atoms with E-state index in [-0.39, 0.29) is 0 Å². The molecule has 0 aromatic carbocycles. The largest absolute Gasteiger partial charge is 0.381 e. The first-order valence-corrected chi connectivity index (χ1v) is 6.62. The molecule has 0 spiro atoms. The van der Waals surface area contributed by atoms with Crippen LogP contribution in [0, 0.1) is 11.8 Å². The van der Waals surface area contributed by atoms with Gasteiger partial charge in [0.05, 0.1) is 6.61 Å². The molecule has 0 radical (unpaired) electrons. The summed E-state index contributed by atoms with van der Waals surface area (Å²) in [4.78, 5) is 0. The first-order chi connectivity index (χ1) is 7.31. The number of hydrogen-bond donors (Lipinski definition) is 1. The summed E-state index contributed by atoms with van der Waals surface area (Å²) in [6, 6.07) is 0.698. The van der Waals surface area contributed by atoms with Crippen LogP contribution in [0.5, 0.6) is 0 Å². The Morgan fingerprint density at radius 2 is 2.00 bits per heavy atom. The van der Waals surface area contributed by atoms with Crippen LogP contribution in [0.15, 0.2) is 0 Å². The van der Waals surface area contributed by atoms with Gasteiger partial charge < -0.3 is 10.1 Å². The van der Waals surface area contributed by atoms with Crippen molar-refractivity contribution in [3.8, 4) is 0 Å². The zero-order valence-electron chi connectivity index (χ0n) is 10.6. The van der Waals surface area contributed by atoms with Crippen molar-refractivity contribution in [1.82, 2.24) is 5.32 Å². The summed E-state index contributed by atoms with van der Waals surface area (Å²) in [7, 11) is 0. The highest BCUT2D eigenvalue weighted by Gasteiger charge is 2.26. The minimum absolute atomic E-state index is 0.698. The van der Waals surface area contributed by atoms with Crippen LogP contribution in [0.3, 0.4) is 0 Å². The Hall–Kier alpha value is -0.0800. The fourth-order valence-corrected chi connectivity index (χ4v) is 2.61. The third-order valence-electron chi connectivity index (χ3n) is 3.73. The van der Waals surface area contributed by atoms with Crippen LogP contribution in [-0.4, -0.2) is 25.8 Å². The first kappa shape index (κ1) is 13.0. The van der Waals surface area contributed by atoms with Gasteiger partial charge in [0.2, 0.25) is 0 Å². The van der Waals surface area contributed by atoms with Crippen molar-refractivity contribution in [2.75, 3.05) is 19.8 Å². The predicted octanol–water partition coefficient (Wildman–Crippen LogP) is 2.83. The van der Waals surface area contributed by atoms with E-state index in [9.17, 15) is 0 Å². The second-order valence-electron chi connectivity index (χ2n) is 4.71. The molecule has 2 unspecified atom stereocenters. The molecule has 1 fully saturated rings. The summed E-state index contributed by atoms with van der Waals surface area (Å²) in [5.41, 5.74) is 0. The zero-order valence-corrected chi connectivity index (χ0v) is 10.6. The number of ether oxygens (including phenoxy) is 1. The van der Waals surface area contributed by atoms with E-state index < -0.39 is 0 Å². The van der Waals surface area contributed by atoms with Gasteiger partial charge in [-0.25, -0.2) is 0 Å². The van der Waals surface area contributed by atoms with Gasteiger partial charge in [0.1, 0.15) is 0 Å². The summed E-state index contributed by atoms with van der Waals surface area (Å²) >= 11 is 0. The van der Waals surface area contributed by atoms with Crippen molar-refractivity contribution in [2.24, 2.45) is 11.8 Å². The van der Waals surface area contributed by atoms with E-state index in [2.05, 4.69) is 26.1 Å². The minimum atomic E-state index is 0.698. The van der Waals surface area contributed by atoms with Crippen molar-refractivity contribution in [3.63, 3.8) is 0 Å². The molecule has 0 aromatic rings. The van der Waals surface area contributed by atoms with Gasteiger partial charge in [0.15, 0.2) is 0 Å². The van der Waals surface area contributed by atoms with Gasteiger partial charge in [-0.1, -0.05) is 33.6 Å². The molecular formula is C13H27NO. The summed E-state index contributed by atoms with van der Waals surface area (Å²) in [6.45, 7) is 9.80. The van der Waals surface area contributed by atoms with Gasteiger partial charge >= 0.3 is 0 Å². The van der Waals surface area contributed by atoms with Crippen molar-refractivity contribution < 1.29 is 4.74 Å². The molecule has 2 heteroatoms. The Kier molecular flexibility index (Phi) is 6.26. The van der Waals surface area contributed by atoms with Gasteiger partial charge in [-0.15, -0.1) is 0 Å². The fourth-order valence-electron chi connectivity index (χ4n) is 2.61. The summed E-state index contributed by atoms with van der Waals surface area (Å²) in [5, 5.41) is 3.61. The molecule has 1 aliphatic heterocycles. The van der Waals surface area contributed by atoms with E-state index in [0.29, 0.717) is 6.04 Å². The Morgan fingerprint density at radius 1 is 1.27 bits per heavy atom. The van der Waals surface area contributed by atoms with E-state index in [1.807, 2.05) is 0 Å². The van der Waals surface area contributed by atoms with E-state index in [1.54, 1.807) is 0 Å². The van der Waals surface area contributed by atoms with Gasteiger partial charge in [0, 0.05) is 12.6 Å². The zero-order chi connectivity index (χ0) is 11.1. The average Bonchev–Trinajstić information content (AvgIpc) is 2.28. The van der Waals surface area contributed by atoms with E-state index in [1.165, 1.54) is 25.7 Å². The van der Waals surface area contributed by atoms with Gasteiger partial charge in [-0.05, 0) is 31.2 Å². The molecule has 0 saturated carbocycles. The smallest absolute Gasteiger partial charge is 0.0509 e. The SMILES string of the molecule is CCNC1CCOCC1CC(CC)CC. The monoisotopic (exact) mass is 213 g/mol. The van der Waals surface area contributed by atoms with Crippen LogP contribution in [0.25, 0.3) is 0 Å². The Balaban J connectivity index is 2.40. The topological polar surface area (TPSA) is 21.3 Å². The predicted molar refractivity (Wildman–Crippen MR) is 65.1 cm³/mol. The molecule has 15 heavy (non-hydrogen) atoms. The van der Waals surface area contributed by atoms with Crippen LogP contribution < -0.4 is 5.32 Å². The normalized spacial score (nSPS) is 27.2. The maximum Gasteiger partial charge on any atom is 0.0509 e. The molecule has 0 aliphatic carbocycles. The van der Waals surface area contributed by atoms with E-state index in [4.69, 9.17) is 4.74 Å². The lowest BCUT2D eigenvalue weighted by molar-refractivity contribution is 0.0222. The van der Waals surface area contributed by atoms with Crippen molar-refractivity contribution in [1.29, 1.82) is 0 Å². The van der Waals surface area contributed by atoms with Crippen molar-refractivity contribution in [2.45, 2.75) is 52.5 Å². The molecule has 0 amide bonds. The van der Waals surface area contributed by atoms with Gasteiger partial charge in [-0.2, -0.15) is 0 Å². The number of rotatable bonds is 6. The molecule has 1 N–H and O–H groups in total. The highest BCUT2D eigenvalue weighted by Crippen LogP contribution is 2.25. The number of nitrogens with one attached hydrogen (secondary N) is 1. The van der Waals surface area contributed by atoms with Crippen molar-refractivity contribution in [3.05, 3.63) is 0 Å². The molecule has 1 rings (SSSR count). The molecule has 1 heterocycles. The summed E-state index contributed by atoms with van der Waals surface area (Å²) in [5.74, 6) is 1.63. The van der Waals surface area contributed by atoms with E-state index >= 15 is 0 Å². The molecular weight excluding hydrogens is 186 g/mol. The molecule has 1 aliphatic rings. The average molecular weight is 213 g/mol. The Bertz CT molecular complexity index is 155. The van der Waals surface area contributed by atoms with E-state index in [0.717, 1.165) is 31.6 Å². The first-order valence-electron chi connectivity index (χ1n) is 6.62. The van der Waals surface area contributed by atoms with Crippen LogP contribution >= 0.6 is 0 Å². The highest BCUT2D eigenvalue weighted by molar-refractivity contribution is 4.80. The van der Waals surface area contributed by atoms with Crippen molar-refractivity contribution >= 4 is 0 Å². The second-order valence-corrected chi connectivity index (χ2v) is 4.71. The molecule has 2 nitrogen and oxygen atoms in total. The fraction of sp³-hybridized carbons (Fsp3) is 1.00. The maximum atomic E-state index is 5.61. The lowest BCUT2D eigenvalue weighted by Crippen LogP contribution is -2.43. The highest BCUT2D eigenvalue weighted by atomic mass is 16.5. The summed E-state index contributed by atoms with van der Waals surface area (Å²) in [6.07, 6.45) is 5.15. The molecule has 0 aromatic heterocycles. The number of hydrogen-bond acceptors (Lipinski definition) is 2. The Labute approximate surface area is 94.8 Å². The third kappa shape index (κ3) is 4.12. The second kappa shape index (κ2) is 7.24. The van der Waals surface area contributed by atoms with Crippen LogP contribution in [0.4, 0.5) is 0 Å². The third-order valence-corrected chi connectivity index (χ3v) is 3.73. The summed E-state index contributed by atoms with van der Waals surface area (Å²) < 4.78 is 5.61. The lowest BCUT2D eigenvalue weighted by Gasteiger charge is -2.34. The van der Waals surface area contributed by atoms with Crippen LogP contribution in [-0.2, 0) is 4.74 Å². The molecule has 90 valence electrons. The molecule has 2 atom stereocenters. The van der Waals surface area contributed by atoms with Gasteiger partial charge in [-0.3, -0.25) is 0 Å². The van der Waals surface area contributed by atoms with Crippen LogP contribution in [0.2, 0.25) is 0 Å². The maximum absolute atomic E-state index is 5.61. The quantitative estimate of drug-likeness (QED) is 0.732. The molecule has 0 bridgehead atoms. The minimum Gasteiger partial charge on any atom is -0.381 e. The van der Waals surface area contributed by atoms with Gasteiger partial charge in [0.25, 0.3) is 0 Å². The Morgan fingerprint density at radius 3 is 2.60 bits per heavy atom.